The average Bonchev–Trinajstić information content (AvgIpc) is 2.89. The topological polar surface area (TPSA) is 65.0 Å². The van der Waals surface area contributed by atoms with Gasteiger partial charge in [0.05, 0.1) is 16.5 Å². The minimum atomic E-state index is -1.18. The van der Waals surface area contributed by atoms with Crippen LogP contribution in [-0.2, 0) is 0 Å². The monoisotopic (exact) mass is 309 g/mol. The third-order valence-electron chi connectivity index (χ3n) is 3.20. The minimum Gasteiger partial charge on any atom is -0.545 e. The maximum absolute atomic E-state index is 10.7. The Morgan fingerprint density at radius 3 is 2.41 bits per heavy atom. The predicted molar refractivity (Wildman–Crippen MR) is 86.3 cm³/mol. The van der Waals surface area contributed by atoms with Crippen molar-refractivity contribution in [2.24, 2.45) is 0 Å². The van der Waals surface area contributed by atoms with Gasteiger partial charge in [-0.25, -0.2) is 4.98 Å². The number of thiazole rings is 1. The van der Waals surface area contributed by atoms with Crippen molar-refractivity contribution in [3.8, 4) is 10.4 Å². The van der Waals surface area contributed by atoms with Crippen LogP contribution in [0.25, 0.3) is 10.4 Å². The van der Waals surface area contributed by atoms with E-state index in [0.29, 0.717) is 0 Å². The Bertz CT molecular complexity index is 795. The number of rotatable bonds is 4. The smallest absolute Gasteiger partial charge is 0.187 e. The summed E-state index contributed by atoms with van der Waals surface area (Å²) in [6.45, 7) is 1.98. The molecule has 5 heteroatoms. The molecule has 0 atom stereocenters. The van der Waals surface area contributed by atoms with Crippen LogP contribution in [0.4, 0.5) is 10.8 Å². The molecule has 0 unspecified atom stereocenters. The van der Waals surface area contributed by atoms with Crippen LogP contribution in [-0.4, -0.2) is 11.0 Å². The highest BCUT2D eigenvalue weighted by molar-refractivity contribution is 7.19. The van der Waals surface area contributed by atoms with Crippen molar-refractivity contribution in [3.05, 3.63) is 65.9 Å². The van der Waals surface area contributed by atoms with Gasteiger partial charge in [0.2, 0.25) is 0 Å². The van der Waals surface area contributed by atoms with Gasteiger partial charge in [0, 0.05) is 5.69 Å². The average molecular weight is 309 g/mol. The normalized spacial score (nSPS) is 10.4. The lowest BCUT2D eigenvalue weighted by Gasteiger charge is -2.05. The van der Waals surface area contributed by atoms with Gasteiger partial charge in [0.1, 0.15) is 0 Å². The summed E-state index contributed by atoms with van der Waals surface area (Å²) in [7, 11) is 0. The number of anilines is 2. The number of benzene rings is 2. The molecule has 0 aliphatic carbocycles. The van der Waals surface area contributed by atoms with Gasteiger partial charge < -0.3 is 15.2 Å². The number of aromatic carboxylic acids is 1. The molecule has 0 radical (unpaired) electrons. The van der Waals surface area contributed by atoms with E-state index >= 15 is 0 Å². The molecule has 0 aliphatic rings. The van der Waals surface area contributed by atoms with Crippen molar-refractivity contribution in [3.63, 3.8) is 0 Å². The number of aryl methyl sites for hydroxylation is 1. The summed E-state index contributed by atoms with van der Waals surface area (Å²) in [5, 5.41) is 14.7. The SMILES string of the molecule is Cc1nc(Nc2ccc(C(=O)[O-])cc2)sc1-c1ccccc1. The Hall–Kier alpha value is -2.66. The largest absolute Gasteiger partial charge is 0.545 e. The van der Waals surface area contributed by atoms with Crippen LogP contribution in [0.2, 0.25) is 0 Å². The van der Waals surface area contributed by atoms with Crippen molar-refractivity contribution < 1.29 is 9.90 Å². The summed E-state index contributed by atoms with van der Waals surface area (Å²) in [5.41, 5.74) is 3.05. The van der Waals surface area contributed by atoms with Crippen LogP contribution in [0, 0.1) is 6.92 Å². The van der Waals surface area contributed by atoms with Crippen LogP contribution in [0.5, 0.6) is 0 Å². The van der Waals surface area contributed by atoms with Crippen LogP contribution in [0.1, 0.15) is 16.1 Å². The van der Waals surface area contributed by atoms with Crippen molar-refractivity contribution in [2.75, 3.05) is 5.32 Å². The first-order valence-corrected chi connectivity index (χ1v) is 7.56. The quantitative estimate of drug-likeness (QED) is 0.803. The lowest BCUT2D eigenvalue weighted by atomic mass is 10.2. The molecule has 3 rings (SSSR count). The third kappa shape index (κ3) is 2.99. The maximum Gasteiger partial charge on any atom is 0.187 e. The van der Waals surface area contributed by atoms with E-state index in [9.17, 15) is 9.90 Å². The number of aromatic nitrogens is 1. The lowest BCUT2D eigenvalue weighted by Crippen LogP contribution is -2.21. The van der Waals surface area contributed by atoms with E-state index in [1.807, 2.05) is 25.1 Å². The standard InChI is InChI=1S/C17H14N2O2S/c1-11-15(12-5-3-2-4-6-12)22-17(18-11)19-14-9-7-13(8-10-14)16(20)21/h2-10H,1H3,(H,18,19)(H,20,21)/p-1. The fourth-order valence-corrected chi connectivity index (χ4v) is 3.11. The first kappa shape index (κ1) is 14.3. The number of hydrogen-bond donors (Lipinski definition) is 1. The van der Waals surface area contributed by atoms with E-state index in [4.69, 9.17) is 0 Å². The molecule has 0 fully saturated rings. The molecule has 0 saturated heterocycles. The van der Waals surface area contributed by atoms with E-state index in [1.165, 1.54) is 12.1 Å². The molecule has 1 N–H and O–H groups in total. The summed E-state index contributed by atoms with van der Waals surface area (Å²) < 4.78 is 0. The molecule has 22 heavy (non-hydrogen) atoms. The summed E-state index contributed by atoms with van der Waals surface area (Å²) in [5.74, 6) is -1.18. The van der Waals surface area contributed by atoms with Gasteiger partial charge in [-0.1, -0.05) is 53.8 Å². The number of carbonyl (C=O) groups excluding carboxylic acids is 1. The Morgan fingerprint density at radius 2 is 1.77 bits per heavy atom. The molecule has 3 aromatic rings. The number of nitrogens with one attached hydrogen (secondary N) is 1. The molecule has 0 saturated carbocycles. The first-order valence-electron chi connectivity index (χ1n) is 6.75. The van der Waals surface area contributed by atoms with E-state index in [-0.39, 0.29) is 5.56 Å². The molecule has 4 nitrogen and oxygen atoms in total. The van der Waals surface area contributed by atoms with Gasteiger partial charge in [-0.3, -0.25) is 0 Å². The Morgan fingerprint density at radius 1 is 1.09 bits per heavy atom. The molecular weight excluding hydrogens is 296 g/mol. The summed E-state index contributed by atoms with van der Waals surface area (Å²) in [6.07, 6.45) is 0. The third-order valence-corrected chi connectivity index (χ3v) is 4.33. The van der Waals surface area contributed by atoms with E-state index in [1.54, 1.807) is 23.5 Å². The second-order valence-corrected chi connectivity index (χ2v) is 5.79. The Kier molecular flexibility index (Phi) is 3.89. The molecule has 1 heterocycles. The zero-order chi connectivity index (χ0) is 15.5. The fraction of sp³-hybridized carbons (Fsp3) is 0.0588. The second kappa shape index (κ2) is 5.99. The molecular formula is C17H13N2O2S-. The second-order valence-electron chi connectivity index (χ2n) is 4.79. The van der Waals surface area contributed by atoms with Gasteiger partial charge in [0.25, 0.3) is 0 Å². The maximum atomic E-state index is 10.7. The molecule has 0 aliphatic heterocycles. The highest BCUT2D eigenvalue weighted by Crippen LogP contribution is 2.33. The van der Waals surface area contributed by atoms with E-state index < -0.39 is 5.97 Å². The lowest BCUT2D eigenvalue weighted by molar-refractivity contribution is -0.255. The van der Waals surface area contributed by atoms with E-state index in [0.717, 1.165) is 27.0 Å². The number of carboxylic acids is 1. The number of carbonyl (C=O) groups is 1. The number of hydrogen-bond acceptors (Lipinski definition) is 5. The van der Waals surface area contributed by atoms with Crippen LogP contribution in [0.15, 0.2) is 54.6 Å². The minimum absolute atomic E-state index is 0.158. The summed E-state index contributed by atoms with van der Waals surface area (Å²) in [6, 6.07) is 16.5. The van der Waals surface area contributed by atoms with Crippen LogP contribution >= 0.6 is 11.3 Å². The first-order chi connectivity index (χ1) is 10.6. The van der Waals surface area contributed by atoms with Crippen molar-refractivity contribution in [1.82, 2.24) is 4.98 Å². The Labute approximate surface area is 132 Å². The highest BCUT2D eigenvalue weighted by atomic mass is 32.1. The van der Waals surface area contributed by atoms with E-state index in [2.05, 4.69) is 22.4 Å². The van der Waals surface area contributed by atoms with Crippen LogP contribution in [0.3, 0.4) is 0 Å². The van der Waals surface area contributed by atoms with Crippen molar-refractivity contribution in [2.45, 2.75) is 6.92 Å². The highest BCUT2D eigenvalue weighted by Gasteiger charge is 2.09. The van der Waals surface area contributed by atoms with Gasteiger partial charge in [-0.05, 0) is 30.2 Å². The zero-order valence-electron chi connectivity index (χ0n) is 11.9. The number of carboxylic acid groups (broad SMARTS) is 1. The van der Waals surface area contributed by atoms with Gasteiger partial charge in [0.15, 0.2) is 5.13 Å². The molecule has 1 aromatic heterocycles. The molecule has 0 bridgehead atoms. The molecule has 2 aromatic carbocycles. The van der Waals surface area contributed by atoms with Gasteiger partial charge in [-0.15, -0.1) is 0 Å². The van der Waals surface area contributed by atoms with Crippen molar-refractivity contribution in [1.29, 1.82) is 0 Å². The van der Waals surface area contributed by atoms with Gasteiger partial charge in [-0.2, -0.15) is 0 Å². The summed E-state index contributed by atoms with van der Waals surface area (Å²) >= 11 is 1.57. The molecule has 0 spiro atoms. The molecule has 110 valence electrons. The Balaban J connectivity index is 1.83. The van der Waals surface area contributed by atoms with Crippen LogP contribution < -0.4 is 10.4 Å². The van der Waals surface area contributed by atoms with Crippen molar-refractivity contribution >= 4 is 28.1 Å². The van der Waals surface area contributed by atoms with Gasteiger partial charge >= 0.3 is 0 Å². The predicted octanol–water partition coefficient (Wildman–Crippen LogP) is 3.23. The zero-order valence-corrected chi connectivity index (χ0v) is 12.7. The molecule has 0 amide bonds. The number of nitrogens with zero attached hydrogens (tertiary/aromatic N) is 1. The summed E-state index contributed by atoms with van der Waals surface area (Å²) in [4.78, 5) is 16.4. The fourth-order valence-electron chi connectivity index (χ4n) is 2.12.